The van der Waals surface area contributed by atoms with Crippen LogP contribution >= 0.6 is 23.5 Å². The molecule has 0 bridgehead atoms. The highest BCUT2D eigenvalue weighted by molar-refractivity contribution is 8.21. The molecule has 0 radical (unpaired) electrons. The Bertz CT molecular complexity index is 161. The summed E-state index contributed by atoms with van der Waals surface area (Å²) in [6.45, 7) is 14.3. The third-order valence-corrected chi connectivity index (χ3v) is 7.71. The standard InChI is InChI=1S/C11H22S2/c1-9(2,3)11(10(4,5)6)12-7-8-13-11/h7-8H2,1-6H3. The first kappa shape index (κ1) is 11.8. The van der Waals surface area contributed by atoms with E-state index in [0.717, 1.165) is 0 Å². The Kier molecular flexibility index (Phi) is 3.06. The van der Waals surface area contributed by atoms with E-state index in [1.165, 1.54) is 11.5 Å². The summed E-state index contributed by atoms with van der Waals surface area (Å²) in [4.78, 5) is 0. The maximum absolute atomic E-state index is 2.38. The number of thioether (sulfide) groups is 2. The predicted molar refractivity (Wildman–Crippen MR) is 66.6 cm³/mol. The molecule has 0 saturated carbocycles. The first-order valence-electron chi connectivity index (χ1n) is 4.99. The van der Waals surface area contributed by atoms with Crippen molar-refractivity contribution in [3.05, 3.63) is 0 Å². The highest BCUT2D eigenvalue weighted by Crippen LogP contribution is 2.63. The molecule has 0 nitrogen and oxygen atoms in total. The summed E-state index contributed by atoms with van der Waals surface area (Å²) < 4.78 is 0.403. The Morgan fingerprint density at radius 1 is 0.769 bits per heavy atom. The van der Waals surface area contributed by atoms with Crippen LogP contribution in [0.3, 0.4) is 0 Å². The molecule has 0 atom stereocenters. The fourth-order valence-electron chi connectivity index (χ4n) is 2.40. The quantitative estimate of drug-likeness (QED) is 0.596. The lowest BCUT2D eigenvalue weighted by molar-refractivity contribution is 0.223. The molecule has 0 N–H and O–H groups in total. The zero-order chi connectivity index (χ0) is 10.3. The Morgan fingerprint density at radius 2 is 1.08 bits per heavy atom. The summed E-state index contributed by atoms with van der Waals surface area (Å²) in [5.74, 6) is 2.64. The second-order valence-electron chi connectivity index (χ2n) is 5.81. The van der Waals surface area contributed by atoms with Crippen molar-refractivity contribution >= 4 is 23.5 Å². The van der Waals surface area contributed by atoms with Gasteiger partial charge in [-0.1, -0.05) is 41.5 Å². The van der Waals surface area contributed by atoms with Crippen LogP contribution in [0.1, 0.15) is 41.5 Å². The van der Waals surface area contributed by atoms with Gasteiger partial charge in [0.15, 0.2) is 0 Å². The SMILES string of the molecule is CC(C)(C)C1(C(C)(C)C)SCCS1. The van der Waals surface area contributed by atoms with Gasteiger partial charge in [0.2, 0.25) is 0 Å². The summed E-state index contributed by atoms with van der Waals surface area (Å²) in [6.07, 6.45) is 0. The fraction of sp³-hybridized carbons (Fsp3) is 1.00. The highest BCUT2D eigenvalue weighted by Gasteiger charge is 2.53. The number of hydrogen-bond acceptors (Lipinski definition) is 2. The van der Waals surface area contributed by atoms with Gasteiger partial charge in [-0.2, -0.15) is 0 Å². The van der Waals surface area contributed by atoms with Crippen molar-refractivity contribution in [1.29, 1.82) is 0 Å². The van der Waals surface area contributed by atoms with Gasteiger partial charge in [0.25, 0.3) is 0 Å². The van der Waals surface area contributed by atoms with Crippen LogP contribution in [-0.2, 0) is 0 Å². The van der Waals surface area contributed by atoms with E-state index in [0.29, 0.717) is 14.9 Å². The Labute approximate surface area is 91.6 Å². The number of hydrogen-bond donors (Lipinski definition) is 0. The van der Waals surface area contributed by atoms with Crippen molar-refractivity contribution in [2.24, 2.45) is 10.8 Å². The first-order valence-corrected chi connectivity index (χ1v) is 6.96. The van der Waals surface area contributed by atoms with Gasteiger partial charge in [0, 0.05) is 11.5 Å². The summed E-state index contributed by atoms with van der Waals surface area (Å²) in [6, 6.07) is 0. The molecule has 0 aromatic carbocycles. The second-order valence-corrected chi connectivity index (χ2v) is 8.69. The van der Waals surface area contributed by atoms with Crippen LogP contribution in [0.25, 0.3) is 0 Å². The van der Waals surface area contributed by atoms with Gasteiger partial charge in [0.05, 0.1) is 4.08 Å². The molecule has 0 aromatic heterocycles. The monoisotopic (exact) mass is 218 g/mol. The van der Waals surface area contributed by atoms with Crippen molar-refractivity contribution in [2.45, 2.75) is 45.6 Å². The van der Waals surface area contributed by atoms with Crippen molar-refractivity contribution in [3.63, 3.8) is 0 Å². The number of rotatable bonds is 0. The van der Waals surface area contributed by atoms with Crippen LogP contribution in [0.5, 0.6) is 0 Å². The van der Waals surface area contributed by atoms with Gasteiger partial charge in [-0.3, -0.25) is 0 Å². The zero-order valence-corrected chi connectivity index (χ0v) is 11.4. The van der Waals surface area contributed by atoms with E-state index in [4.69, 9.17) is 0 Å². The Morgan fingerprint density at radius 3 is 1.23 bits per heavy atom. The predicted octanol–water partition coefficient (Wildman–Crippen LogP) is 4.25. The van der Waals surface area contributed by atoms with E-state index in [-0.39, 0.29) is 0 Å². The van der Waals surface area contributed by atoms with Crippen molar-refractivity contribution < 1.29 is 0 Å². The molecule has 1 saturated heterocycles. The molecule has 1 aliphatic heterocycles. The molecule has 1 fully saturated rings. The van der Waals surface area contributed by atoms with Crippen molar-refractivity contribution in [2.75, 3.05) is 11.5 Å². The molecule has 0 aliphatic carbocycles. The minimum absolute atomic E-state index is 0.386. The minimum Gasteiger partial charge on any atom is -0.142 e. The average Bonchev–Trinajstić information content (AvgIpc) is 2.28. The summed E-state index contributed by atoms with van der Waals surface area (Å²) >= 11 is 4.33. The molecule has 1 aliphatic rings. The smallest absolute Gasteiger partial charge is 0.0707 e. The summed E-state index contributed by atoms with van der Waals surface area (Å²) in [7, 11) is 0. The van der Waals surface area contributed by atoms with E-state index in [1.54, 1.807) is 0 Å². The van der Waals surface area contributed by atoms with E-state index in [9.17, 15) is 0 Å². The maximum atomic E-state index is 2.38. The van der Waals surface area contributed by atoms with Crippen LogP contribution < -0.4 is 0 Å². The maximum Gasteiger partial charge on any atom is 0.0707 e. The summed E-state index contributed by atoms with van der Waals surface area (Å²) in [5, 5.41) is 0. The van der Waals surface area contributed by atoms with Crippen molar-refractivity contribution in [1.82, 2.24) is 0 Å². The van der Waals surface area contributed by atoms with E-state index in [2.05, 4.69) is 65.1 Å². The highest BCUT2D eigenvalue weighted by atomic mass is 32.2. The molecule has 0 unspecified atom stereocenters. The normalized spacial score (nSPS) is 23.5. The fourth-order valence-corrected chi connectivity index (χ4v) is 6.21. The van der Waals surface area contributed by atoms with Crippen LogP contribution in [0.4, 0.5) is 0 Å². The molecular weight excluding hydrogens is 196 g/mol. The van der Waals surface area contributed by atoms with Gasteiger partial charge in [0.1, 0.15) is 0 Å². The van der Waals surface area contributed by atoms with Gasteiger partial charge in [-0.25, -0.2) is 0 Å². The molecule has 0 amide bonds. The molecule has 13 heavy (non-hydrogen) atoms. The third kappa shape index (κ3) is 1.90. The van der Waals surface area contributed by atoms with E-state index < -0.39 is 0 Å². The molecule has 2 heteroatoms. The molecule has 0 spiro atoms. The van der Waals surface area contributed by atoms with Crippen molar-refractivity contribution in [3.8, 4) is 0 Å². The lowest BCUT2D eigenvalue weighted by Gasteiger charge is -2.49. The Balaban J connectivity index is 3.02. The van der Waals surface area contributed by atoms with Gasteiger partial charge < -0.3 is 0 Å². The lowest BCUT2D eigenvalue weighted by Crippen LogP contribution is -2.45. The van der Waals surface area contributed by atoms with E-state index in [1.807, 2.05) is 0 Å². The summed E-state index contributed by atoms with van der Waals surface area (Å²) in [5.41, 5.74) is 0.772. The Hall–Kier alpha value is 0.700. The third-order valence-electron chi connectivity index (χ3n) is 2.67. The molecule has 0 aromatic rings. The van der Waals surface area contributed by atoms with Crippen LogP contribution in [0.2, 0.25) is 0 Å². The molecule has 1 heterocycles. The van der Waals surface area contributed by atoms with Gasteiger partial charge in [-0.05, 0) is 10.8 Å². The largest absolute Gasteiger partial charge is 0.142 e. The molecule has 78 valence electrons. The minimum atomic E-state index is 0.386. The lowest BCUT2D eigenvalue weighted by atomic mass is 9.76. The molecular formula is C11H22S2. The van der Waals surface area contributed by atoms with Gasteiger partial charge >= 0.3 is 0 Å². The topological polar surface area (TPSA) is 0 Å². The second kappa shape index (κ2) is 3.37. The van der Waals surface area contributed by atoms with Gasteiger partial charge in [-0.15, -0.1) is 23.5 Å². The molecule has 1 rings (SSSR count). The first-order chi connectivity index (χ1) is 5.71. The van der Waals surface area contributed by atoms with Crippen LogP contribution in [0.15, 0.2) is 0 Å². The average molecular weight is 218 g/mol. The zero-order valence-electron chi connectivity index (χ0n) is 9.73. The van der Waals surface area contributed by atoms with Crippen LogP contribution in [-0.4, -0.2) is 15.6 Å². The van der Waals surface area contributed by atoms with E-state index >= 15 is 0 Å². The van der Waals surface area contributed by atoms with Crippen LogP contribution in [0, 0.1) is 10.8 Å².